The maximum Gasteiger partial charge on any atom is 0.573 e. The van der Waals surface area contributed by atoms with Gasteiger partial charge in [0, 0.05) is 17.8 Å². The summed E-state index contributed by atoms with van der Waals surface area (Å²) < 4.78 is 116. The van der Waals surface area contributed by atoms with Crippen molar-refractivity contribution in [3.05, 3.63) is 45.7 Å². The van der Waals surface area contributed by atoms with E-state index in [0.717, 1.165) is 12.1 Å². The summed E-state index contributed by atoms with van der Waals surface area (Å²) in [5, 5.41) is 1.69. The van der Waals surface area contributed by atoms with Crippen molar-refractivity contribution in [2.45, 2.75) is 57.1 Å². The Hall–Kier alpha value is -3.43. The van der Waals surface area contributed by atoms with E-state index in [1.165, 1.54) is 17.8 Å². The lowest BCUT2D eigenvalue weighted by Crippen LogP contribution is -2.50. The van der Waals surface area contributed by atoms with Gasteiger partial charge in [-0.2, -0.15) is 21.6 Å². The molecule has 0 saturated carbocycles. The number of nitrogens with zero attached hydrogens (tertiary/aromatic N) is 2. The van der Waals surface area contributed by atoms with Gasteiger partial charge in [0.1, 0.15) is 5.56 Å². The number of pyridine rings is 1. The highest BCUT2D eigenvalue weighted by Gasteiger charge is 2.50. The molecule has 2 aliphatic heterocycles. The van der Waals surface area contributed by atoms with Gasteiger partial charge in [-0.25, -0.2) is 4.79 Å². The average Bonchev–Trinajstić information content (AvgIpc) is 3.07. The van der Waals surface area contributed by atoms with Gasteiger partial charge in [0.2, 0.25) is 0 Å². The first-order valence-electron chi connectivity index (χ1n) is 11.0. The highest BCUT2D eigenvalue weighted by Crippen LogP contribution is 2.51. The highest BCUT2D eigenvalue weighted by atomic mass is 32.2. The average molecular weight is 570 g/mol. The summed E-state index contributed by atoms with van der Waals surface area (Å²) in [6, 6.07) is 1.65. The maximum absolute atomic E-state index is 13.1. The monoisotopic (exact) mass is 570 g/mol. The summed E-state index contributed by atoms with van der Waals surface area (Å²) in [5.74, 6) is -3.63. The van der Waals surface area contributed by atoms with E-state index in [-0.39, 0.29) is 29.0 Å². The molecule has 0 aliphatic carbocycles. The number of esters is 1. The van der Waals surface area contributed by atoms with Crippen LogP contribution < -0.4 is 19.4 Å². The van der Waals surface area contributed by atoms with Crippen molar-refractivity contribution in [3.8, 4) is 22.8 Å². The Bertz CT molecular complexity index is 1460. The highest BCUT2D eigenvalue weighted by molar-refractivity contribution is 7.88. The van der Waals surface area contributed by atoms with Crippen LogP contribution in [-0.4, -0.2) is 43.1 Å². The van der Waals surface area contributed by atoms with Crippen molar-refractivity contribution in [2.75, 3.05) is 11.6 Å². The number of fused-ring (bicyclic) bond motifs is 6. The summed E-state index contributed by atoms with van der Waals surface area (Å²) >= 11 is 0. The summed E-state index contributed by atoms with van der Waals surface area (Å²) in [7, 11) is -6.36. The molecule has 0 N–H and O–H groups in total. The van der Waals surface area contributed by atoms with Crippen molar-refractivity contribution in [1.29, 1.82) is 0 Å². The number of halogens is 6. The fourth-order valence-corrected chi connectivity index (χ4v) is 5.11. The molecule has 16 heteroatoms. The van der Waals surface area contributed by atoms with Crippen molar-refractivity contribution in [1.82, 2.24) is 4.68 Å². The number of aromatic nitrogens is 1. The van der Waals surface area contributed by atoms with E-state index in [0.29, 0.717) is 18.9 Å². The smallest absolute Gasteiger partial charge is 0.462 e. The summed E-state index contributed by atoms with van der Waals surface area (Å²) in [4.78, 5) is 25.1. The van der Waals surface area contributed by atoms with E-state index in [1.54, 1.807) is 18.9 Å². The predicted molar refractivity (Wildman–Crippen MR) is 119 cm³/mol. The maximum atomic E-state index is 13.1. The van der Waals surface area contributed by atoms with Gasteiger partial charge >= 0.3 is 28.0 Å². The number of alkyl halides is 6. The molecule has 9 nitrogen and oxygen atoms in total. The Balaban J connectivity index is 2.00. The first-order chi connectivity index (χ1) is 17.4. The van der Waals surface area contributed by atoms with E-state index in [4.69, 9.17) is 4.74 Å². The topological polar surface area (TPSA) is 104 Å². The lowest BCUT2D eigenvalue weighted by atomic mass is 9.93. The molecular formula is C22H20F6N2O7S. The van der Waals surface area contributed by atoms with Crippen molar-refractivity contribution >= 4 is 16.1 Å². The summed E-state index contributed by atoms with van der Waals surface area (Å²) in [5.41, 5.74) is -7.74. The van der Waals surface area contributed by atoms with Gasteiger partial charge in [0.15, 0.2) is 16.9 Å². The van der Waals surface area contributed by atoms with Crippen molar-refractivity contribution in [2.24, 2.45) is 0 Å². The zero-order chi connectivity index (χ0) is 28.4. The van der Waals surface area contributed by atoms with Crippen molar-refractivity contribution < 1.29 is 53.2 Å². The third-order valence-electron chi connectivity index (χ3n) is 6.16. The minimum atomic E-state index is -6.36. The third-order valence-corrected chi connectivity index (χ3v) is 7.13. The molecule has 208 valence electrons. The fraction of sp³-hybridized carbons (Fsp3) is 0.455. The van der Waals surface area contributed by atoms with Gasteiger partial charge < -0.3 is 13.7 Å². The molecule has 2 aliphatic rings. The second-order valence-electron chi connectivity index (χ2n) is 9.13. The van der Waals surface area contributed by atoms with Crippen LogP contribution >= 0.6 is 0 Å². The van der Waals surface area contributed by atoms with Crippen LogP contribution in [0, 0.1) is 0 Å². The Morgan fingerprint density at radius 3 is 2.34 bits per heavy atom. The molecule has 1 atom stereocenters. The van der Waals surface area contributed by atoms with Gasteiger partial charge in [-0.3, -0.25) is 14.5 Å². The van der Waals surface area contributed by atoms with Crippen LogP contribution in [-0.2, 0) is 14.9 Å². The molecule has 0 spiro atoms. The number of ether oxygens (including phenoxy) is 2. The number of rotatable bonds is 5. The van der Waals surface area contributed by atoms with E-state index >= 15 is 0 Å². The summed E-state index contributed by atoms with van der Waals surface area (Å²) in [6.07, 6.45) is -3.43. The van der Waals surface area contributed by atoms with Crippen LogP contribution in [0.15, 0.2) is 29.2 Å². The lowest BCUT2D eigenvalue weighted by molar-refractivity contribution is -0.274. The molecule has 0 unspecified atom stereocenters. The second-order valence-corrected chi connectivity index (χ2v) is 10.7. The molecule has 2 aromatic rings. The Kier molecular flexibility index (Phi) is 6.40. The lowest BCUT2D eigenvalue weighted by Gasteiger charge is -2.44. The molecule has 0 bridgehead atoms. The van der Waals surface area contributed by atoms with Gasteiger partial charge in [-0.15, -0.1) is 13.2 Å². The minimum absolute atomic E-state index is 0.0125. The quantitative estimate of drug-likeness (QED) is 0.226. The zero-order valence-corrected chi connectivity index (χ0v) is 20.8. The van der Waals surface area contributed by atoms with Crippen LogP contribution in [0.3, 0.4) is 0 Å². The van der Waals surface area contributed by atoms with Crippen LogP contribution in [0.4, 0.5) is 26.3 Å². The first kappa shape index (κ1) is 27.6. The van der Waals surface area contributed by atoms with Crippen LogP contribution in [0.5, 0.6) is 11.5 Å². The first-order valence-corrected chi connectivity index (χ1v) is 12.5. The van der Waals surface area contributed by atoms with E-state index in [1.807, 2.05) is 0 Å². The second kappa shape index (κ2) is 8.81. The Morgan fingerprint density at radius 1 is 1.11 bits per heavy atom. The van der Waals surface area contributed by atoms with Crippen LogP contribution in [0.1, 0.15) is 55.6 Å². The molecule has 1 saturated heterocycles. The fourth-order valence-electron chi connectivity index (χ4n) is 4.65. The van der Waals surface area contributed by atoms with Crippen LogP contribution in [0.2, 0.25) is 0 Å². The van der Waals surface area contributed by atoms with Gasteiger partial charge in [0.05, 0.1) is 23.9 Å². The van der Waals surface area contributed by atoms with E-state index in [2.05, 4.69) is 8.92 Å². The number of hydrogen-bond donors (Lipinski definition) is 0. The molecule has 0 amide bonds. The largest absolute Gasteiger partial charge is 0.573 e. The zero-order valence-electron chi connectivity index (χ0n) is 19.9. The standard InChI is InChI=1S/C22H20F6N2O7S/c1-4-35-19(32)13-10-29-15(9-16(13)31)12-7-17(36-21(23,24)25)18(37-38(33,34)22(26,27)28)8-11(12)14-5-6-20(2,3)30(14)29/h7-10,14H,4-6H2,1-3H3/t14-/m1/s1. The molecule has 0 radical (unpaired) electrons. The van der Waals surface area contributed by atoms with Crippen LogP contribution in [0.25, 0.3) is 11.3 Å². The molecular weight excluding hydrogens is 550 g/mol. The number of carbonyl (C=O) groups excluding carboxylic acids is 1. The third kappa shape index (κ3) is 4.76. The molecule has 3 heterocycles. The molecule has 1 aromatic carbocycles. The normalized spacial score (nSPS) is 18.3. The summed E-state index contributed by atoms with van der Waals surface area (Å²) in [6.45, 7) is 5.11. The van der Waals surface area contributed by atoms with E-state index in [9.17, 15) is 44.3 Å². The van der Waals surface area contributed by atoms with Gasteiger partial charge in [-0.05, 0) is 51.3 Å². The van der Waals surface area contributed by atoms with Crippen molar-refractivity contribution in [3.63, 3.8) is 0 Å². The Morgan fingerprint density at radius 2 is 1.76 bits per heavy atom. The molecule has 4 rings (SSSR count). The predicted octanol–water partition coefficient (Wildman–Crippen LogP) is 4.38. The van der Waals surface area contributed by atoms with E-state index < -0.39 is 56.5 Å². The minimum Gasteiger partial charge on any atom is -0.462 e. The van der Waals surface area contributed by atoms with Gasteiger partial charge in [0.25, 0.3) is 0 Å². The number of hydrogen-bond acceptors (Lipinski definition) is 8. The Labute approximate surface area is 211 Å². The number of carbonyl (C=O) groups is 1. The van der Waals surface area contributed by atoms with Gasteiger partial charge in [-0.1, -0.05) is 0 Å². The molecule has 1 fully saturated rings. The number of benzene rings is 1. The molecule has 38 heavy (non-hydrogen) atoms. The molecule has 1 aromatic heterocycles. The SMILES string of the molecule is CCOC(=O)c1cn2c(cc1=O)-c1cc(OC(F)(F)F)c(OS(=O)(=O)C(F)(F)F)cc1[C@H]1CCC(C)(C)N12.